The maximum Gasteiger partial charge on any atom is 0.342 e. The van der Waals surface area contributed by atoms with Gasteiger partial charge in [0.05, 0.1) is 6.10 Å². The van der Waals surface area contributed by atoms with Crippen LogP contribution < -0.4 is 4.74 Å². The fourth-order valence-corrected chi connectivity index (χ4v) is 4.64. The first-order valence-corrected chi connectivity index (χ1v) is 12.6. The molecule has 1 N–H and O–H groups in total. The molecule has 0 aromatic heterocycles. The Hall–Kier alpha value is -2.97. The summed E-state index contributed by atoms with van der Waals surface area (Å²) in [6.45, 7) is 7.44. The van der Waals surface area contributed by atoms with Gasteiger partial charge in [-0.15, -0.1) is 0 Å². The van der Waals surface area contributed by atoms with Gasteiger partial charge in [-0.2, -0.15) is 0 Å². The summed E-state index contributed by atoms with van der Waals surface area (Å²) in [5.41, 5.74) is 2.82. The van der Waals surface area contributed by atoms with Gasteiger partial charge in [0, 0.05) is 18.6 Å². The second-order valence-electron chi connectivity index (χ2n) is 9.94. The molecule has 2 heterocycles. The number of benzene rings is 2. The Morgan fingerprint density at radius 1 is 1.05 bits per heavy atom. The van der Waals surface area contributed by atoms with Crippen LogP contribution in [0.15, 0.2) is 60.7 Å². The Kier molecular flexibility index (Phi) is 8.49. The minimum absolute atomic E-state index is 0.00921. The van der Waals surface area contributed by atoms with Gasteiger partial charge < -0.3 is 28.8 Å². The Morgan fingerprint density at radius 3 is 2.54 bits per heavy atom. The van der Waals surface area contributed by atoms with Crippen molar-refractivity contribution < 1.29 is 33.6 Å². The molecule has 37 heavy (non-hydrogen) atoms. The average Bonchev–Trinajstić information content (AvgIpc) is 3.19. The molecule has 0 bridgehead atoms. The molecule has 1 saturated heterocycles. The van der Waals surface area contributed by atoms with Crippen LogP contribution in [0.3, 0.4) is 0 Å². The maximum absolute atomic E-state index is 13.6. The van der Waals surface area contributed by atoms with Crippen molar-refractivity contribution in [2.24, 2.45) is 5.92 Å². The van der Waals surface area contributed by atoms with Crippen LogP contribution in [-0.4, -0.2) is 55.2 Å². The van der Waals surface area contributed by atoms with Gasteiger partial charge in [-0.1, -0.05) is 67.6 Å². The highest BCUT2D eigenvalue weighted by Gasteiger charge is 2.43. The molecule has 198 valence electrons. The first-order valence-electron chi connectivity index (χ1n) is 12.6. The first kappa shape index (κ1) is 27.1. The minimum Gasteiger partial charge on any atom is -0.467 e. The molecular formula is C30H36O7. The maximum atomic E-state index is 13.6. The lowest BCUT2D eigenvalue weighted by atomic mass is 9.93. The van der Waals surface area contributed by atoms with Crippen LogP contribution in [-0.2, 0) is 18.9 Å². The Bertz CT molecular complexity index is 1140. The quantitative estimate of drug-likeness (QED) is 0.338. The van der Waals surface area contributed by atoms with E-state index in [-0.39, 0.29) is 18.8 Å². The molecule has 0 saturated carbocycles. The van der Waals surface area contributed by atoms with Crippen LogP contribution in [0.4, 0.5) is 0 Å². The summed E-state index contributed by atoms with van der Waals surface area (Å²) in [5, 5.41) is 10.9. The molecular weight excluding hydrogens is 472 g/mol. The van der Waals surface area contributed by atoms with E-state index in [0.29, 0.717) is 23.3 Å². The van der Waals surface area contributed by atoms with Crippen molar-refractivity contribution in [3.63, 3.8) is 0 Å². The number of rotatable bonds is 4. The molecule has 5 atom stereocenters. The largest absolute Gasteiger partial charge is 0.467 e. The third-order valence-corrected chi connectivity index (χ3v) is 6.68. The van der Waals surface area contributed by atoms with Gasteiger partial charge in [0.15, 0.2) is 12.6 Å². The van der Waals surface area contributed by atoms with E-state index >= 15 is 0 Å². The van der Waals surface area contributed by atoms with E-state index in [1.54, 1.807) is 12.1 Å². The topological polar surface area (TPSA) is 83.5 Å². The molecule has 2 aromatic rings. The summed E-state index contributed by atoms with van der Waals surface area (Å²) >= 11 is 0. The van der Waals surface area contributed by atoms with Gasteiger partial charge in [0.1, 0.15) is 29.6 Å². The summed E-state index contributed by atoms with van der Waals surface area (Å²) in [6.07, 6.45) is 5.62. The lowest BCUT2D eigenvalue weighted by Gasteiger charge is -2.23. The van der Waals surface area contributed by atoms with Crippen LogP contribution in [0.1, 0.15) is 50.0 Å². The average molecular weight is 509 g/mol. The second kappa shape index (κ2) is 11.6. The molecule has 7 nitrogen and oxygen atoms in total. The second-order valence-corrected chi connectivity index (χ2v) is 9.94. The number of hydrogen-bond donors (Lipinski definition) is 1. The van der Waals surface area contributed by atoms with Gasteiger partial charge in [0.25, 0.3) is 0 Å². The van der Waals surface area contributed by atoms with Crippen molar-refractivity contribution in [2.75, 3.05) is 13.9 Å². The number of cyclic esters (lactones) is 1. The predicted octanol–water partition coefficient (Wildman–Crippen LogP) is 5.37. The third-order valence-electron chi connectivity index (χ3n) is 6.68. The van der Waals surface area contributed by atoms with Gasteiger partial charge >= 0.3 is 5.97 Å². The zero-order valence-corrected chi connectivity index (χ0v) is 22.0. The van der Waals surface area contributed by atoms with E-state index in [1.165, 1.54) is 7.11 Å². The van der Waals surface area contributed by atoms with Crippen molar-refractivity contribution in [1.82, 2.24) is 0 Å². The molecule has 0 spiro atoms. The number of fused-ring (bicyclic) bond motifs is 2. The van der Waals surface area contributed by atoms with Crippen LogP contribution in [0.25, 0.3) is 17.2 Å². The number of aliphatic hydroxyl groups is 1. The molecule has 1 fully saturated rings. The molecule has 0 amide bonds. The fraction of sp³-hybridized carbons (Fsp3) is 0.433. The molecule has 1 unspecified atom stereocenters. The van der Waals surface area contributed by atoms with E-state index in [1.807, 2.05) is 82.3 Å². The standard InChI is InChI=1S/C30H36O7/c1-19-14-16-24(31)28-26(36-30(3,4)37-28)13-9-12-23-22(21-10-7-6-8-11-21)15-17-25(34-18-33-5)27(23)29(32)35-20(19)2/h6-12,14-17,19-20,24,26,28,31H,13,18H2,1-5H3/t19-,20+,24?,26+,28-/m1/s1. The summed E-state index contributed by atoms with van der Waals surface area (Å²) in [6, 6.07) is 13.5. The number of esters is 1. The van der Waals surface area contributed by atoms with Crippen molar-refractivity contribution in [1.29, 1.82) is 0 Å². The Balaban J connectivity index is 1.85. The molecule has 0 aliphatic carbocycles. The summed E-state index contributed by atoms with van der Waals surface area (Å²) < 4.78 is 29.0. The smallest absolute Gasteiger partial charge is 0.342 e. The molecule has 4 rings (SSSR count). The Morgan fingerprint density at radius 2 is 1.81 bits per heavy atom. The van der Waals surface area contributed by atoms with Crippen LogP contribution in [0.2, 0.25) is 0 Å². The number of carbonyl (C=O) groups is 1. The lowest BCUT2D eigenvalue weighted by molar-refractivity contribution is -0.152. The highest BCUT2D eigenvalue weighted by Crippen LogP contribution is 2.36. The van der Waals surface area contributed by atoms with E-state index in [0.717, 1.165) is 11.1 Å². The molecule has 2 aliphatic heterocycles. The van der Waals surface area contributed by atoms with E-state index in [2.05, 4.69) is 0 Å². The van der Waals surface area contributed by atoms with Gasteiger partial charge in [-0.25, -0.2) is 4.79 Å². The number of ether oxygens (including phenoxy) is 5. The third kappa shape index (κ3) is 6.30. The van der Waals surface area contributed by atoms with E-state index in [4.69, 9.17) is 23.7 Å². The molecule has 2 aromatic carbocycles. The normalized spacial score (nSPS) is 27.6. The summed E-state index contributed by atoms with van der Waals surface area (Å²) in [7, 11) is 1.53. The summed E-state index contributed by atoms with van der Waals surface area (Å²) in [4.78, 5) is 13.6. The van der Waals surface area contributed by atoms with Gasteiger partial charge in [0.2, 0.25) is 0 Å². The van der Waals surface area contributed by atoms with Crippen molar-refractivity contribution >= 4 is 12.0 Å². The van der Waals surface area contributed by atoms with Crippen LogP contribution in [0, 0.1) is 5.92 Å². The number of aliphatic hydroxyl groups excluding tert-OH is 1. The number of methoxy groups -OCH3 is 1. The lowest BCUT2D eigenvalue weighted by Crippen LogP contribution is -2.34. The highest BCUT2D eigenvalue weighted by molar-refractivity contribution is 6.00. The Labute approximate surface area is 218 Å². The molecule has 7 heteroatoms. The van der Waals surface area contributed by atoms with Gasteiger partial charge in [-0.05, 0) is 44.4 Å². The summed E-state index contributed by atoms with van der Waals surface area (Å²) in [5.74, 6) is -1.09. The zero-order chi connectivity index (χ0) is 26.6. The number of hydrogen-bond acceptors (Lipinski definition) is 7. The fourth-order valence-electron chi connectivity index (χ4n) is 4.64. The molecule has 0 radical (unpaired) electrons. The monoisotopic (exact) mass is 508 g/mol. The van der Waals surface area contributed by atoms with Crippen molar-refractivity contribution in [3.05, 3.63) is 71.8 Å². The van der Waals surface area contributed by atoms with E-state index < -0.39 is 30.1 Å². The predicted molar refractivity (Wildman–Crippen MR) is 141 cm³/mol. The minimum atomic E-state index is -0.866. The highest BCUT2D eigenvalue weighted by atomic mass is 16.8. The van der Waals surface area contributed by atoms with Crippen molar-refractivity contribution in [2.45, 2.75) is 64.3 Å². The molecule has 2 aliphatic rings. The SMILES string of the molecule is COCOc1ccc(-c2ccccc2)c2c1C(=O)O[C@@H](C)[C@H](C)C=CC(O)[C@H]1OC(C)(C)O[C@H]1CC=C2. The van der Waals surface area contributed by atoms with E-state index in [9.17, 15) is 9.90 Å². The van der Waals surface area contributed by atoms with Crippen LogP contribution in [0.5, 0.6) is 5.75 Å². The first-order chi connectivity index (χ1) is 17.7. The number of carbonyl (C=O) groups excluding carboxylic acids is 1. The van der Waals surface area contributed by atoms with Crippen molar-refractivity contribution in [3.8, 4) is 16.9 Å². The van der Waals surface area contributed by atoms with Crippen LogP contribution >= 0.6 is 0 Å². The van der Waals surface area contributed by atoms with Gasteiger partial charge in [-0.3, -0.25) is 0 Å². The zero-order valence-electron chi connectivity index (χ0n) is 22.0.